The Bertz CT molecular complexity index is 946. The number of aromatic nitrogens is 2. The second-order valence-corrected chi connectivity index (χ2v) is 6.38. The first kappa shape index (κ1) is 18.4. The quantitative estimate of drug-likeness (QED) is 0.677. The smallest absolute Gasteiger partial charge is 0.163 e. The molecule has 28 heavy (non-hydrogen) atoms. The van der Waals surface area contributed by atoms with Gasteiger partial charge in [0.2, 0.25) is 0 Å². The molecule has 1 fully saturated rings. The van der Waals surface area contributed by atoms with Crippen LogP contribution in [-0.2, 0) is 4.74 Å². The van der Waals surface area contributed by atoms with Gasteiger partial charge in [0.25, 0.3) is 0 Å². The number of nitrogens with one attached hydrogen (secondary N) is 2. The van der Waals surface area contributed by atoms with Crippen LogP contribution >= 0.6 is 0 Å². The SMILES string of the molecule is COc1cc2c(Nc3ccc(F)cc3)ncnc2cc1OCC1CNCCO1. The van der Waals surface area contributed by atoms with E-state index >= 15 is 0 Å². The maximum atomic E-state index is 13.1. The van der Waals surface area contributed by atoms with Crippen molar-refractivity contribution in [2.45, 2.75) is 6.10 Å². The highest BCUT2D eigenvalue weighted by Gasteiger charge is 2.17. The fourth-order valence-corrected chi connectivity index (χ4v) is 3.02. The molecule has 1 aromatic heterocycles. The Morgan fingerprint density at radius 1 is 1.21 bits per heavy atom. The van der Waals surface area contributed by atoms with Crippen LogP contribution < -0.4 is 20.1 Å². The Balaban J connectivity index is 1.59. The summed E-state index contributed by atoms with van der Waals surface area (Å²) in [5.74, 6) is 1.48. The van der Waals surface area contributed by atoms with Crippen LogP contribution in [-0.4, -0.2) is 49.5 Å². The maximum absolute atomic E-state index is 13.1. The molecule has 4 rings (SSSR count). The molecule has 0 bridgehead atoms. The van der Waals surface area contributed by atoms with E-state index in [4.69, 9.17) is 14.2 Å². The molecule has 1 saturated heterocycles. The molecule has 1 aliphatic heterocycles. The van der Waals surface area contributed by atoms with Crippen molar-refractivity contribution in [1.82, 2.24) is 15.3 Å². The van der Waals surface area contributed by atoms with E-state index in [-0.39, 0.29) is 11.9 Å². The zero-order chi connectivity index (χ0) is 19.3. The monoisotopic (exact) mass is 384 g/mol. The predicted octanol–water partition coefficient (Wildman–Crippen LogP) is 2.89. The summed E-state index contributed by atoms with van der Waals surface area (Å²) in [7, 11) is 1.59. The lowest BCUT2D eigenvalue weighted by Gasteiger charge is -2.24. The Hall–Kier alpha value is -2.97. The molecule has 0 amide bonds. The number of fused-ring (bicyclic) bond motifs is 1. The molecule has 0 aliphatic carbocycles. The number of anilines is 2. The minimum atomic E-state index is -0.293. The summed E-state index contributed by atoms with van der Waals surface area (Å²) in [6.45, 7) is 2.70. The van der Waals surface area contributed by atoms with Crippen molar-refractivity contribution in [3.05, 3.63) is 48.5 Å². The molecule has 2 N–H and O–H groups in total. The number of methoxy groups -OCH3 is 1. The van der Waals surface area contributed by atoms with Crippen LogP contribution in [0.15, 0.2) is 42.7 Å². The van der Waals surface area contributed by atoms with Crippen molar-refractivity contribution >= 4 is 22.4 Å². The zero-order valence-corrected chi connectivity index (χ0v) is 15.4. The molecule has 0 radical (unpaired) electrons. The number of morpholine rings is 1. The lowest BCUT2D eigenvalue weighted by molar-refractivity contribution is -0.000235. The molecule has 146 valence electrons. The maximum Gasteiger partial charge on any atom is 0.163 e. The molecule has 8 heteroatoms. The molecule has 1 atom stereocenters. The fraction of sp³-hybridized carbons (Fsp3) is 0.300. The van der Waals surface area contributed by atoms with E-state index in [1.165, 1.54) is 18.5 Å². The molecule has 1 unspecified atom stereocenters. The molecule has 2 aromatic carbocycles. The average molecular weight is 384 g/mol. The standard InChI is InChI=1S/C20H21FN4O3/c1-26-18-8-16-17(9-19(18)28-11-15-10-22-6-7-27-15)23-12-24-20(16)25-14-4-2-13(21)3-5-14/h2-5,8-9,12,15,22H,6-7,10-11H2,1H3,(H,23,24,25). The lowest BCUT2D eigenvalue weighted by Crippen LogP contribution is -2.41. The van der Waals surface area contributed by atoms with Gasteiger partial charge in [-0.3, -0.25) is 0 Å². The highest BCUT2D eigenvalue weighted by atomic mass is 19.1. The van der Waals surface area contributed by atoms with E-state index < -0.39 is 0 Å². The Kier molecular flexibility index (Phi) is 5.50. The van der Waals surface area contributed by atoms with Crippen LogP contribution in [0.3, 0.4) is 0 Å². The van der Waals surface area contributed by atoms with E-state index in [1.807, 2.05) is 12.1 Å². The summed E-state index contributed by atoms with van der Waals surface area (Å²) in [6.07, 6.45) is 1.47. The first-order valence-corrected chi connectivity index (χ1v) is 9.03. The number of nitrogens with zero attached hydrogens (tertiary/aromatic N) is 2. The van der Waals surface area contributed by atoms with Crippen LogP contribution in [0.5, 0.6) is 11.5 Å². The second kappa shape index (κ2) is 8.37. The van der Waals surface area contributed by atoms with Gasteiger partial charge in [-0.05, 0) is 30.3 Å². The zero-order valence-electron chi connectivity index (χ0n) is 15.4. The first-order chi connectivity index (χ1) is 13.7. The van der Waals surface area contributed by atoms with Crippen molar-refractivity contribution in [1.29, 1.82) is 0 Å². The van der Waals surface area contributed by atoms with Crippen LogP contribution in [0, 0.1) is 5.82 Å². The first-order valence-electron chi connectivity index (χ1n) is 9.03. The summed E-state index contributed by atoms with van der Waals surface area (Å²) >= 11 is 0. The summed E-state index contributed by atoms with van der Waals surface area (Å²) < 4.78 is 30.2. The van der Waals surface area contributed by atoms with Gasteiger partial charge in [0.05, 0.1) is 19.2 Å². The topological polar surface area (TPSA) is 77.5 Å². The van der Waals surface area contributed by atoms with Gasteiger partial charge in [-0.15, -0.1) is 0 Å². The molecular weight excluding hydrogens is 363 g/mol. The van der Waals surface area contributed by atoms with Gasteiger partial charge in [0.1, 0.15) is 30.7 Å². The number of rotatable bonds is 6. The van der Waals surface area contributed by atoms with Gasteiger partial charge < -0.3 is 24.8 Å². The Morgan fingerprint density at radius 3 is 2.82 bits per heavy atom. The van der Waals surface area contributed by atoms with Gasteiger partial charge >= 0.3 is 0 Å². The predicted molar refractivity (Wildman–Crippen MR) is 104 cm³/mol. The largest absolute Gasteiger partial charge is 0.493 e. The van der Waals surface area contributed by atoms with Crippen LogP contribution in [0.1, 0.15) is 0 Å². The highest BCUT2D eigenvalue weighted by Crippen LogP contribution is 2.34. The lowest BCUT2D eigenvalue weighted by atomic mass is 10.2. The molecule has 0 saturated carbocycles. The number of benzene rings is 2. The normalized spacial score (nSPS) is 16.7. The van der Waals surface area contributed by atoms with Crippen LogP contribution in [0.4, 0.5) is 15.9 Å². The third-order valence-electron chi connectivity index (χ3n) is 4.46. The van der Waals surface area contributed by atoms with Crippen molar-refractivity contribution < 1.29 is 18.6 Å². The third kappa shape index (κ3) is 4.13. The minimum absolute atomic E-state index is 0.00439. The van der Waals surface area contributed by atoms with Crippen molar-refractivity contribution in [2.75, 3.05) is 38.7 Å². The number of halogens is 1. The van der Waals surface area contributed by atoms with Gasteiger partial charge in [-0.25, -0.2) is 14.4 Å². The Labute approximate surface area is 161 Å². The van der Waals surface area contributed by atoms with Crippen molar-refractivity contribution in [3.8, 4) is 11.5 Å². The van der Waals surface area contributed by atoms with Crippen molar-refractivity contribution in [2.24, 2.45) is 0 Å². The number of hydrogen-bond acceptors (Lipinski definition) is 7. The number of hydrogen-bond donors (Lipinski definition) is 2. The van der Waals surface area contributed by atoms with Crippen molar-refractivity contribution in [3.63, 3.8) is 0 Å². The van der Waals surface area contributed by atoms with Gasteiger partial charge in [-0.2, -0.15) is 0 Å². The molecule has 2 heterocycles. The summed E-state index contributed by atoms with van der Waals surface area (Å²) in [6, 6.07) is 9.73. The molecule has 1 aliphatic rings. The van der Waals surface area contributed by atoms with Gasteiger partial charge in [0.15, 0.2) is 11.5 Å². The summed E-state index contributed by atoms with van der Waals surface area (Å²) in [4.78, 5) is 8.65. The van der Waals surface area contributed by atoms with Gasteiger partial charge in [0, 0.05) is 30.2 Å². The highest BCUT2D eigenvalue weighted by molar-refractivity contribution is 5.93. The minimum Gasteiger partial charge on any atom is -0.493 e. The Morgan fingerprint density at radius 2 is 2.07 bits per heavy atom. The van der Waals surface area contributed by atoms with E-state index in [0.717, 1.165) is 24.2 Å². The molecule has 7 nitrogen and oxygen atoms in total. The van der Waals surface area contributed by atoms with Crippen LogP contribution in [0.2, 0.25) is 0 Å². The van der Waals surface area contributed by atoms with Gasteiger partial charge in [-0.1, -0.05) is 0 Å². The second-order valence-electron chi connectivity index (χ2n) is 6.38. The molecule has 3 aromatic rings. The summed E-state index contributed by atoms with van der Waals surface area (Å²) in [5, 5.41) is 7.23. The van der Waals surface area contributed by atoms with Crippen LogP contribution in [0.25, 0.3) is 10.9 Å². The molecular formula is C20H21FN4O3. The fourth-order valence-electron chi connectivity index (χ4n) is 3.02. The van der Waals surface area contributed by atoms with E-state index in [9.17, 15) is 4.39 Å². The third-order valence-corrected chi connectivity index (χ3v) is 4.46. The average Bonchev–Trinajstić information content (AvgIpc) is 2.74. The van der Waals surface area contributed by atoms with E-state index in [1.54, 1.807) is 19.2 Å². The molecule has 0 spiro atoms. The van der Waals surface area contributed by atoms with E-state index in [2.05, 4.69) is 20.6 Å². The number of ether oxygens (including phenoxy) is 3. The summed E-state index contributed by atoms with van der Waals surface area (Å²) in [5.41, 5.74) is 1.43. The van der Waals surface area contributed by atoms with E-state index in [0.29, 0.717) is 36.0 Å².